The average Bonchev–Trinajstić information content (AvgIpc) is 3.24. The lowest BCUT2D eigenvalue weighted by Crippen LogP contribution is -2.30. The van der Waals surface area contributed by atoms with Crippen LogP contribution in [0.5, 0.6) is 0 Å². The Morgan fingerprint density at radius 1 is 1.39 bits per heavy atom. The Kier molecular flexibility index (Phi) is 5.04. The van der Waals surface area contributed by atoms with E-state index in [0.717, 1.165) is 9.90 Å². The Hall–Kier alpha value is -2.19. The number of aromatic nitrogens is 4. The highest BCUT2D eigenvalue weighted by Crippen LogP contribution is 2.21. The van der Waals surface area contributed by atoms with Crippen LogP contribution in [0.2, 0.25) is 0 Å². The van der Waals surface area contributed by atoms with E-state index in [1.165, 1.54) is 11.8 Å². The summed E-state index contributed by atoms with van der Waals surface area (Å²) in [7, 11) is 0. The van der Waals surface area contributed by atoms with Crippen LogP contribution in [0.1, 0.15) is 12.7 Å². The molecule has 0 aliphatic rings. The minimum atomic E-state index is -0.232. The zero-order chi connectivity index (χ0) is 16.1. The standard InChI is InChI=1S/C15H15N5OS2/c1-10(23-13-6-2-3-7-16-13)15(21)17-9-12-18-14(20-19-12)11-5-4-8-22-11/h2-8,10H,9H2,1H3,(H,17,21)(H,18,19,20)/t10-/m1/s1. The molecule has 0 radical (unpaired) electrons. The molecule has 3 rings (SSSR count). The molecular weight excluding hydrogens is 330 g/mol. The summed E-state index contributed by atoms with van der Waals surface area (Å²) in [5.41, 5.74) is 0. The van der Waals surface area contributed by atoms with Crippen molar-refractivity contribution in [2.75, 3.05) is 0 Å². The van der Waals surface area contributed by atoms with E-state index in [4.69, 9.17) is 0 Å². The predicted molar refractivity (Wildman–Crippen MR) is 91.1 cm³/mol. The van der Waals surface area contributed by atoms with Crippen LogP contribution in [-0.2, 0) is 11.3 Å². The molecule has 1 atom stereocenters. The van der Waals surface area contributed by atoms with Crippen molar-refractivity contribution in [3.63, 3.8) is 0 Å². The maximum absolute atomic E-state index is 12.1. The van der Waals surface area contributed by atoms with Crippen LogP contribution in [0.15, 0.2) is 46.9 Å². The van der Waals surface area contributed by atoms with E-state index in [2.05, 4.69) is 25.5 Å². The van der Waals surface area contributed by atoms with E-state index >= 15 is 0 Å². The van der Waals surface area contributed by atoms with Crippen LogP contribution in [0.4, 0.5) is 0 Å². The van der Waals surface area contributed by atoms with Crippen molar-refractivity contribution in [1.29, 1.82) is 0 Å². The lowest BCUT2D eigenvalue weighted by Gasteiger charge is -2.10. The number of carbonyl (C=O) groups excluding carboxylic acids is 1. The fourth-order valence-corrected chi connectivity index (χ4v) is 3.35. The van der Waals surface area contributed by atoms with Gasteiger partial charge in [0.2, 0.25) is 5.91 Å². The van der Waals surface area contributed by atoms with E-state index < -0.39 is 0 Å². The van der Waals surface area contributed by atoms with Crippen LogP contribution in [0.3, 0.4) is 0 Å². The molecule has 0 bridgehead atoms. The van der Waals surface area contributed by atoms with Crippen LogP contribution in [-0.4, -0.2) is 31.3 Å². The van der Waals surface area contributed by atoms with Crippen molar-refractivity contribution in [2.45, 2.75) is 23.7 Å². The van der Waals surface area contributed by atoms with E-state index in [1.807, 2.05) is 42.6 Å². The molecule has 3 aromatic rings. The summed E-state index contributed by atoms with van der Waals surface area (Å²) in [6, 6.07) is 9.55. The summed E-state index contributed by atoms with van der Waals surface area (Å²) >= 11 is 3.00. The maximum atomic E-state index is 12.1. The first kappa shape index (κ1) is 15.7. The number of thiophene rings is 1. The molecule has 0 aromatic carbocycles. The fourth-order valence-electron chi connectivity index (χ4n) is 1.86. The van der Waals surface area contributed by atoms with Crippen molar-refractivity contribution in [3.05, 3.63) is 47.7 Å². The van der Waals surface area contributed by atoms with Crippen molar-refractivity contribution in [2.24, 2.45) is 0 Å². The van der Waals surface area contributed by atoms with Gasteiger partial charge in [0.05, 0.1) is 21.7 Å². The van der Waals surface area contributed by atoms with Gasteiger partial charge in [0, 0.05) is 6.20 Å². The summed E-state index contributed by atoms with van der Waals surface area (Å²) in [5.74, 6) is 1.23. The summed E-state index contributed by atoms with van der Waals surface area (Å²) in [5, 5.41) is 12.4. The molecule has 118 valence electrons. The molecule has 0 aliphatic carbocycles. The van der Waals surface area contributed by atoms with Crippen LogP contribution in [0.25, 0.3) is 10.7 Å². The average molecular weight is 345 g/mol. The van der Waals surface area contributed by atoms with Gasteiger partial charge in [-0.15, -0.1) is 11.3 Å². The number of aromatic amines is 1. The summed E-state index contributed by atoms with van der Waals surface area (Å²) in [6.45, 7) is 2.18. The van der Waals surface area contributed by atoms with Crippen LogP contribution < -0.4 is 5.32 Å². The minimum absolute atomic E-state index is 0.0604. The quantitative estimate of drug-likeness (QED) is 0.671. The monoisotopic (exact) mass is 345 g/mol. The summed E-state index contributed by atoms with van der Waals surface area (Å²) in [6.07, 6.45) is 1.72. The lowest BCUT2D eigenvalue weighted by atomic mass is 10.4. The lowest BCUT2D eigenvalue weighted by molar-refractivity contribution is -0.120. The zero-order valence-corrected chi connectivity index (χ0v) is 14.0. The molecule has 23 heavy (non-hydrogen) atoms. The number of H-pyrrole nitrogens is 1. The number of thioether (sulfide) groups is 1. The predicted octanol–water partition coefficient (Wildman–Crippen LogP) is 2.73. The Morgan fingerprint density at radius 3 is 3.04 bits per heavy atom. The molecule has 0 aliphatic heterocycles. The number of pyridine rings is 1. The highest BCUT2D eigenvalue weighted by molar-refractivity contribution is 8.00. The molecule has 0 saturated carbocycles. The SMILES string of the molecule is C[C@@H](Sc1ccccn1)C(=O)NCc1nc(-c2cccs2)n[nH]1. The molecule has 0 spiro atoms. The molecule has 1 amide bonds. The first-order chi connectivity index (χ1) is 11.2. The number of hydrogen-bond donors (Lipinski definition) is 2. The molecule has 3 heterocycles. The summed E-state index contributed by atoms with van der Waals surface area (Å²) < 4.78 is 0. The van der Waals surface area contributed by atoms with E-state index in [1.54, 1.807) is 17.5 Å². The van der Waals surface area contributed by atoms with Crippen LogP contribution >= 0.6 is 23.1 Å². The van der Waals surface area contributed by atoms with Gasteiger partial charge >= 0.3 is 0 Å². The Morgan fingerprint density at radius 2 is 2.30 bits per heavy atom. The first-order valence-corrected chi connectivity index (χ1v) is 8.79. The Labute approximate surface area is 141 Å². The van der Waals surface area contributed by atoms with Gasteiger partial charge in [0.1, 0.15) is 5.82 Å². The third-order valence-corrected chi connectivity index (χ3v) is 4.92. The molecular formula is C15H15N5OS2. The largest absolute Gasteiger partial charge is 0.348 e. The molecule has 3 aromatic heterocycles. The summed E-state index contributed by atoms with van der Waals surface area (Å²) in [4.78, 5) is 21.7. The number of nitrogens with one attached hydrogen (secondary N) is 2. The number of carbonyl (C=O) groups is 1. The van der Waals surface area contributed by atoms with Gasteiger partial charge < -0.3 is 5.32 Å². The van der Waals surface area contributed by atoms with E-state index in [-0.39, 0.29) is 11.2 Å². The third-order valence-electron chi connectivity index (χ3n) is 3.01. The molecule has 6 nitrogen and oxygen atoms in total. The van der Waals surface area contributed by atoms with E-state index in [0.29, 0.717) is 18.2 Å². The Balaban J connectivity index is 1.52. The van der Waals surface area contributed by atoms with Crippen molar-refractivity contribution in [3.8, 4) is 10.7 Å². The van der Waals surface area contributed by atoms with Gasteiger partial charge in [0.15, 0.2) is 5.82 Å². The Bertz CT molecular complexity index is 757. The highest BCUT2D eigenvalue weighted by atomic mass is 32.2. The molecule has 0 unspecified atom stereocenters. The van der Waals surface area contributed by atoms with Crippen LogP contribution in [0, 0.1) is 0 Å². The van der Waals surface area contributed by atoms with Crippen molar-refractivity contribution >= 4 is 29.0 Å². The smallest absolute Gasteiger partial charge is 0.233 e. The fraction of sp³-hybridized carbons (Fsp3) is 0.200. The number of rotatable bonds is 6. The van der Waals surface area contributed by atoms with Gasteiger partial charge in [-0.25, -0.2) is 9.97 Å². The van der Waals surface area contributed by atoms with Gasteiger partial charge in [-0.05, 0) is 30.5 Å². The number of nitrogens with zero attached hydrogens (tertiary/aromatic N) is 3. The molecule has 0 saturated heterocycles. The van der Waals surface area contributed by atoms with Gasteiger partial charge in [-0.2, -0.15) is 5.10 Å². The minimum Gasteiger partial charge on any atom is -0.348 e. The van der Waals surface area contributed by atoms with Gasteiger partial charge in [-0.3, -0.25) is 9.89 Å². The highest BCUT2D eigenvalue weighted by Gasteiger charge is 2.15. The second-order valence-electron chi connectivity index (χ2n) is 4.73. The van der Waals surface area contributed by atoms with E-state index in [9.17, 15) is 4.79 Å². The molecule has 8 heteroatoms. The normalized spacial score (nSPS) is 12.0. The van der Waals surface area contributed by atoms with Gasteiger partial charge in [0.25, 0.3) is 0 Å². The zero-order valence-electron chi connectivity index (χ0n) is 12.4. The second kappa shape index (κ2) is 7.38. The van der Waals surface area contributed by atoms with Crippen molar-refractivity contribution in [1.82, 2.24) is 25.5 Å². The molecule has 0 fully saturated rings. The third kappa shape index (κ3) is 4.17. The topological polar surface area (TPSA) is 83.6 Å². The van der Waals surface area contributed by atoms with Crippen molar-refractivity contribution < 1.29 is 4.79 Å². The molecule has 2 N–H and O–H groups in total. The van der Waals surface area contributed by atoms with Gasteiger partial charge in [-0.1, -0.05) is 23.9 Å². The second-order valence-corrected chi connectivity index (χ2v) is 7.04. The maximum Gasteiger partial charge on any atom is 0.233 e. The number of amides is 1. The number of hydrogen-bond acceptors (Lipinski definition) is 6. The first-order valence-electron chi connectivity index (χ1n) is 7.03.